The van der Waals surface area contributed by atoms with Gasteiger partial charge in [0.1, 0.15) is 17.7 Å². The average Bonchev–Trinajstić information content (AvgIpc) is 3.30. The summed E-state index contributed by atoms with van der Waals surface area (Å²) in [6.45, 7) is 0. The molecule has 2 atom stereocenters. The summed E-state index contributed by atoms with van der Waals surface area (Å²) in [5.74, 6) is -5.03. The van der Waals surface area contributed by atoms with E-state index in [0.29, 0.717) is 12.0 Å². The molecular formula is C29H25F3N6O3. The third-order valence-corrected chi connectivity index (χ3v) is 7.15. The molecule has 1 aliphatic heterocycles. The van der Waals surface area contributed by atoms with Crippen LogP contribution < -0.4 is 15.1 Å². The van der Waals surface area contributed by atoms with Crippen LogP contribution in [0.4, 0.5) is 24.7 Å². The van der Waals surface area contributed by atoms with Crippen LogP contribution in [0.2, 0.25) is 0 Å². The zero-order chi connectivity index (χ0) is 29.1. The molecule has 3 amide bonds. The minimum absolute atomic E-state index is 0.0154. The number of halogens is 3. The molecule has 0 spiro atoms. The molecule has 2 aliphatic rings. The monoisotopic (exact) mass is 562 g/mol. The third kappa shape index (κ3) is 6.04. The van der Waals surface area contributed by atoms with Gasteiger partial charge in [0.25, 0.3) is 5.92 Å². The predicted molar refractivity (Wildman–Crippen MR) is 141 cm³/mol. The Morgan fingerprint density at radius 2 is 1.93 bits per heavy atom. The summed E-state index contributed by atoms with van der Waals surface area (Å²) < 4.78 is 41.4. The molecule has 1 saturated heterocycles. The van der Waals surface area contributed by atoms with E-state index in [9.17, 15) is 32.8 Å². The molecule has 1 saturated carbocycles. The molecule has 0 unspecified atom stereocenters. The number of hydrogen-bond acceptors (Lipinski definition) is 6. The lowest BCUT2D eigenvalue weighted by Gasteiger charge is -2.38. The number of carbonyl (C=O) groups excluding carboxylic acids is 3. The van der Waals surface area contributed by atoms with E-state index >= 15 is 0 Å². The molecule has 2 fully saturated rings. The number of amides is 3. The van der Waals surface area contributed by atoms with Crippen LogP contribution in [-0.4, -0.2) is 45.7 Å². The van der Waals surface area contributed by atoms with E-state index in [1.54, 1.807) is 30.3 Å². The number of aromatic nitrogens is 2. The summed E-state index contributed by atoms with van der Waals surface area (Å²) >= 11 is 0. The summed E-state index contributed by atoms with van der Waals surface area (Å²) in [6, 6.07) is 11.4. The Balaban J connectivity index is 1.50. The highest BCUT2D eigenvalue weighted by Gasteiger charge is 2.47. The minimum Gasteiger partial charge on any atom is -0.351 e. The zero-order valence-corrected chi connectivity index (χ0v) is 21.7. The van der Waals surface area contributed by atoms with Gasteiger partial charge in [0.2, 0.25) is 17.7 Å². The van der Waals surface area contributed by atoms with Crippen molar-refractivity contribution >= 4 is 29.2 Å². The Hall–Kier alpha value is -4.79. The normalized spacial score (nSPS) is 18.7. The summed E-state index contributed by atoms with van der Waals surface area (Å²) in [4.78, 5) is 51.0. The van der Waals surface area contributed by atoms with Crippen LogP contribution in [-0.2, 0) is 14.4 Å². The van der Waals surface area contributed by atoms with Gasteiger partial charge in [0.15, 0.2) is 0 Å². The van der Waals surface area contributed by atoms with Gasteiger partial charge in [0, 0.05) is 50.0 Å². The third-order valence-electron chi connectivity index (χ3n) is 7.15. The van der Waals surface area contributed by atoms with Gasteiger partial charge in [-0.2, -0.15) is 5.26 Å². The maximum absolute atomic E-state index is 14.4. The van der Waals surface area contributed by atoms with Gasteiger partial charge >= 0.3 is 0 Å². The minimum atomic E-state index is -2.88. The highest BCUT2D eigenvalue weighted by molar-refractivity contribution is 6.03. The van der Waals surface area contributed by atoms with Gasteiger partial charge in [-0.05, 0) is 24.1 Å². The van der Waals surface area contributed by atoms with E-state index in [1.165, 1.54) is 29.4 Å². The van der Waals surface area contributed by atoms with Crippen LogP contribution >= 0.6 is 0 Å². The van der Waals surface area contributed by atoms with Crippen molar-refractivity contribution < 1.29 is 27.6 Å². The van der Waals surface area contributed by atoms with E-state index in [1.807, 2.05) is 6.07 Å². The van der Waals surface area contributed by atoms with E-state index in [2.05, 4.69) is 15.3 Å². The molecule has 0 radical (unpaired) electrons. The number of hydrogen-bond donors (Lipinski definition) is 1. The van der Waals surface area contributed by atoms with Gasteiger partial charge in [0.05, 0.1) is 29.7 Å². The first kappa shape index (κ1) is 27.8. The number of carbonyl (C=O) groups is 3. The molecule has 12 heteroatoms. The highest BCUT2D eigenvalue weighted by Crippen LogP contribution is 2.38. The lowest BCUT2D eigenvalue weighted by molar-refractivity contribution is -0.133. The van der Waals surface area contributed by atoms with E-state index in [0.717, 1.165) is 17.2 Å². The fraction of sp³-hybridized carbons (Fsp3) is 0.310. The molecule has 0 bridgehead atoms. The van der Waals surface area contributed by atoms with E-state index in [-0.39, 0.29) is 35.8 Å². The number of alkyl halides is 2. The molecule has 3 aromatic rings. The summed E-state index contributed by atoms with van der Waals surface area (Å²) in [6.07, 6.45) is 2.70. The van der Waals surface area contributed by atoms with Crippen LogP contribution in [0, 0.1) is 17.1 Å². The van der Waals surface area contributed by atoms with Crippen LogP contribution in [0.3, 0.4) is 0 Å². The second kappa shape index (κ2) is 11.4. The molecule has 41 heavy (non-hydrogen) atoms. The predicted octanol–water partition coefficient (Wildman–Crippen LogP) is 4.06. The lowest BCUT2D eigenvalue weighted by atomic mass is 9.87. The number of nitriles is 1. The highest BCUT2D eigenvalue weighted by atomic mass is 19.3. The number of rotatable bonds is 8. The Morgan fingerprint density at radius 3 is 2.61 bits per heavy atom. The summed E-state index contributed by atoms with van der Waals surface area (Å²) in [5.41, 5.74) is 0.643. The lowest BCUT2D eigenvalue weighted by Crippen LogP contribution is -2.54. The Kier molecular flexibility index (Phi) is 7.70. The average molecular weight is 563 g/mol. The van der Waals surface area contributed by atoms with E-state index in [4.69, 9.17) is 0 Å². The summed E-state index contributed by atoms with van der Waals surface area (Å²) in [5, 5.41) is 11.9. The van der Waals surface area contributed by atoms with E-state index < -0.39 is 54.5 Å². The molecule has 1 aliphatic carbocycles. The van der Waals surface area contributed by atoms with Crippen LogP contribution in [0.1, 0.15) is 49.3 Å². The maximum Gasteiger partial charge on any atom is 0.252 e. The summed E-state index contributed by atoms with van der Waals surface area (Å²) in [7, 11) is 0. The number of nitrogens with one attached hydrogen (secondary N) is 1. The van der Waals surface area contributed by atoms with Crippen molar-refractivity contribution in [3.8, 4) is 6.07 Å². The van der Waals surface area contributed by atoms with Gasteiger partial charge in [-0.3, -0.25) is 29.2 Å². The molecule has 1 aromatic carbocycles. The number of benzene rings is 1. The Morgan fingerprint density at radius 1 is 1.17 bits per heavy atom. The standard InChI is InChI=1S/C29H25F3N6O3/c30-20-11-23(17-34-16-20)38(27(19-4-2-1-3-5-19)28(41)36-21-13-29(31,32)14-21)26(40)12-22-6-7-25(39)37(22)24-10-18(15-33)8-9-35-24/h1-5,8-11,16-17,21-22,27H,6-7,12-14H2,(H,36,41)/t22-,27-/m0/s1. The smallest absolute Gasteiger partial charge is 0.252 e. The SMILES string of the molecule is N#Cc1ccnc(N2C(=O)CC[C@H]2CC(=O)N(c2cncc(F)c2)[C@H](C(=O)NC2CC(F)(F)C2)c2ccccc2)c1. The molecule has 3 heterocycles. The fourth-order valence-electron chi connectivity index (χ4n) is 5.24. The molecular weight excluding hydrogens is 537 g/mol. The topological polar surface area (TPSA) is 119 Å². The Bertz CT molecular complexity index is 1500. The first-order valence-corrected chi connectivity index (χ1v) is 13.0. The number of nitrogens with zero attached hydrogens (tertiary/aromatic N) is 5. The van der Waals surface area contributed by atoms with Crippen molar-refractivity contribution in [3.05, 3.63) is 84.1 Å². The van der Waals surface area contributed by atoms with Crippen molar-refractivity contribution in [1.82, 2.24) is 15.3 Å². The van der Waals surface area contributed by atoms with Gasteiger partial charge < -0.3 is 5.32 Å². The second-order valence-corrected chi connectivity index (χ2v) is 10.1. The Labute approximate surface area is 233 Å². The largest absolute Gasteiger partial charge is 0.351 e. The molecule has 2 aromatic heterocycles. The van der Waals surface area contributed by atoms with Crippen molar-refractivity contribution in [3.63, 3.8) is 0 Å². The quantitative estimate of drug-likeness (QED) is 0.442. The van der Waals surface area contributed by atoms with Crippen molar-refractivity contribution in [2.75, 3.05) is 9.80 Å². The van der Waals surface area contributed by atoms with Crippen LogP contribution in [0.25, 0.3) is 0 Å². The molecule has 5 rings (SSSR count). The van der Waals surface area contributed by atoms with Crippen molar-refractivity contribution in [2.24, 2.45) is 0 Å². The molecule has 210 valence electrons. The first-order chi connectivity index (χ1) is 19.6. The van der Waals surface area contributed by atoms with Crippen molar-refractivity contribution in [2.45, 2.75) is 56.2 Å². The number of pyridine rings is 2. The van der Waals surface area contributed by atoms with Crippen LogP contribution in [0.15, 0.2) is 67.1 Å². The fourth-order valence-corrected chi connectivity index (χ4v) is 5.24. The zero-order valence-electron chi connectivity index (χ0n) is 21.7. The second-order valence-electron chi connectivity index (χ2n) is 10.1. The maximum atomic E-state index is 14.4. The van der Waals surface area contributed by atoms with Gasteiger partial charge in [-0.15, -0.1) is 0 Å². The number of anilines is 2. The molecule has 1 N–H and O–H groups in total. The van der Waals surface area contributed by atoms with Gasteiger partial charge in [-0.1, -0.05) is 30.3 Å². The van der Waals surface area contributed by atoms with Crippen LogP contribution in [0.5, 0.6) is 0 Å². The van der Waals surface area contributed by atoms with Gasteiger partial charge in [-0.25, -0.2) is 18.2 Å². The molecule has 9 nitrogen and oxygen atoms in total. The first-order valence-electron chi connectivity index (χ1n) is 13.0. The van der Waals surface area contributed by atoms with Crippen molar-refractivity contribution in [1.29, 1.82) is 5.26 Å².